The minimum atomic E-state index is 0.801. The van der Waals surface area contributed by atoms with Gasteiger partial charge in [-0.15, -0.1) is 0 Å². The number of likely N-dealkylation sites (tertiary alicyclic amines) is 2. The van der Waals surface area contributed by atoms with Gasteiger partial charge in [-0.25, -0.2) is 0 Å². The van der Waals surface area contributed by atoms with Crippen molar-refractivity contribution in [3.05, 3.63) is 30.1 Å². The first-order valence-electron chi connectivity index (χ1n) is 8.27. The van der Waals surface area contributed by atoms with Crippen LogP contribution in [-0.4, -0.2) is 53.5 Å². The van der Waals surface area contributed by atoms with E-state index < -0.39 is 0 Å². The van der Waals surface area contributed by atoms with Crippen LogP contribution in [0.5, 0.6) is 0 Å². The van der Waals surface area contributed by atoms with E-state index >= 15 is 0 Å². The minimum Gasteiger partial charge on any atom is -0.302 e. The number of hydrogen-bond donors (Lipinski definition) is 0. The van der Waals surface area contributed by atoms with E-state index in [9.17, 15) is 0 Å². The maximum absolute atomic E-state index is 4.10. The van der Waals surface area contributed by atoms with Crippen LogP contribution in [0.3, 0.4) is 0 Å². The average molecular weight is 273 g/mol. The Morgan fingerprint density at radius 3 is 2.60 bits per heavy atom. The van der Waals surface area contributed by atoms with Crippen LogP contribution in [-0.2, 0) is 6.42 Å². The molecule has 2 fully saturated rings. The first-order valence-corrected chi connectivity index (χ1v) is 8.27. The summed E-state index contributed by atoms with van der Waals surface area (Å²) in [4.78, 5) is 9.51. The van der Waals surface area contributed by atoms with Crippen molar-refractivity contribution < 1.29 is 0 Å². The zero-order valence-corrected chi connectivity index (χ0v) is 12.5. The van der Waals surface area contributed by atoms with E-state index in [1.165, 1.54) is 76.8 Å². The molecule has 20 heavy (non-hydrogen) atoms. The molecule has 0 N–H and O–H groups in total. The highest BCUT2D eigenvalue weighted by molar-refractivity contribution is 5.10. The molecule has 3 heterocycles. The number of piperidine rings is 1. The molecular weight excluding hydrogens is 246 g/mol. The lowest BCUT2D eigenvalue weighted by Gasteiger charge is -2.33. The first-order chi connectivity index (χ1) is 9.92. The summed E-state index contributed by atoms with van der Waals surface area (Å²) >= 11 is 0. The second-order valence-corrected chi connectivity index (χ2v) is 6.30. The molecule has 2 aliphatic heterocycles. The van der Waals surface area contributed by atoms with Crippen molar-refractivity contribution in [2.75, 3.05) is 32.7 Å². The predicted octanol–water partition coefficient (Wildman–Crippen LogP) is 2.57. The Kier molecular flexibility index (Phi) is 5.04. The van der Waals surface area contributed by atoms with Gasteiger partial charge < -0.3 is 4.90 Å². The third-order valence-electron chi connectivity index (χ3n) is 4.85. The second-order valence-electron chi connectivity index (χ2n) is 6.30. The van der Waals surface area contributed by atoms with Gasteiger partial charge in [-0.1, -0.05) is 6.42 Å². The van der Waals surface area contributed by atoms with E-state index in [2.05, 4.69) is 26.9 Å². The molecule has 0 aromatic carbocycles. The summed E-state index contributed by atoms with van der Waals surface area (Å²) in [6.07, 6.45) is 12.0. The molecule has 0 radical (unpaired) electrons. The topological polar surface area (TPSA) is 19.4 Å². The van der Waals surface area contributed by atoms with E-state index in [0.29, 0.717) is 0 Å². The Bertz CT molecular complexity index is 386. The van der Waals surface area contributed by atoms with E-state index in [0.717, 1.165) is 6.04 Å². The van der Waals surface area contributed by atoms with Crippen LogP contribution in [0.15, 0.2) is 24.5 Å². The van der Waals surface area contributed by atoms with Gasteiger partial charge in [0.1, 0.15) is 0 Å². The maximum atomic E-state index is 4.10. The summed E-state index contributed by atoms with van der Waals surface area (Å²) in [5.74, 6) is 0. The summed E-state index contributed by atoms with van der Waals surface area (Å²) < 4.78 is 0. The monoisotopic (exact) mass is 273 g/mol. The lowest BCUT2D eigenvalue weighted by Crippen LogP contribution is -2.43. The lowest BCUT2D eigenvalue weighted by molar-refractivity contribution is 0.154. The molecule has 1 atom stereocenters. The molecule has 1 aromatic heterocycles. The van der Waals surface area contributed by atoms with E-state index in [1.54, 1.807) is 0 Å². The van der Waals surface area contributed by atoms with Crippen LogP contribution in [0.4, 0.5) is 0 Å². The van der Waals surface area contributed by atoms with Crippen molar-refractivity contribution in [3.8, 4) is 0 Å². The second kappa shape index (κ2) is 7.19. The number of nitrogens with zero attached hydrogens (tertiary/aromatic N) is 3. The maximum Gasteiger partial charge on any atom is 0.0270 e. The molecule has 0 saturated carbocycles. The quantitative estimate of drug-likeness (QED) is 0.822. The molecule has 0 amide bonds. The molecule has 0 aliphatic carbocycles. The van der Waals surface area contributed by atoms with Crippen LogP contribution in [0.25, 0.3) is 0 Å². The van der Waals surface area contributed by atoms with Crippen molar-refractivity contribution in [2.24, 2.45) is 0 Å². The van der Waals surface area contributed by atoms with Crippen LogP contribution in [0.2, 0.25) is 0 Å². The third-order valence-corrected chi connectivity index (χ3v) is 4.85. The standard InChI is InChI=1S/C17H27N3/c1-2-11-19(12-3-1)15-17-5-4-13-20(17)14-8-16-6-9-18-10-7-16/h6-7,9-10,17H,1-5,8,11-15H2. The molecule has 3 heteroatoms. The van der Waals surface area contributed by atoms with Gasteiger partial charge in [0.25, 0.3) is 0 Å². The van der Waals surface area contributed by atoms with Crippen LogP contribution < -0.4 is 0 Å². The lowest BCUT2D eigenvalue weighted by atomic mass is 10.1. The van der Waals surface area contributed by atoms with Crippen molar-refractivity contribution in [3.63, 3.8) is 0 Å². The first kappa shape index (κ1) is 14.0. The summed E-state index contributed by atoms with van der Waals surface area (Å²) in [5.41, 5.74) is 1.42. The molecule has 0 spiro atoms. The molecular formula is C17H27N3. The fourth-order valence-corrected chi connectivity index (χ4v) is 3.66. The molecule has 2 aliphatic rings. The van der Waals surface area contributed by atoms with Gasteiger partial charge in [-0.05, 0) is 69.4 Å². The van der Waals surface area contributed by atoms with Crippen LogP contribution >= 0.6 is 0 Å². The normalized spacial score (nSPS) is 25.1. The zero-order chi connectivity index (χ0) is 13.6. The van der Waals surface area contributed by atoms with Gasteiger partial charge >= 0.3 is 0 Å². The number of rotatable bonds is 5. The summed E-state index contributed by atoms with van der Waals surface area (Å²) in [6, 6.07) is 5.10. The third kappa shape index (κ3) is 3.80. The Morgan fingerprint density at radius 2 is 1.80 bits per heavy atom. The molecule has 0 bridgehead atoms. The smallest absolute Gasteiger partial charge is 0.0270 e. The van der Waals surface area contributed by atoms with E-state index in [4.69, 9.17) is 0 Å². The number of pyridine rings is 1. The molecule has 110 valence electrons. The van der Waals surface area contributed by atoms with Gasteiger partial charge in [0.15, 0.2) is 0 Å². The molecule has 1 aromatic rings. The summed E-state index contributed by atoms with van der Waals surface area (Å²) in [7, 11) is 0. The zero-order valence-electron chi connectivity index (χ0n) is 12.5. The molecule has 1 unspecified atom stereocenters. The molecule has 3 nitrogen and oxygen atoms in total. The van der Waals surface area contributed by atoms with Gasteiger partial charge in [0.05, 0.1) is 0 Å². The largest absolute Gasteiger partial charge is 0.302 e. The van der Waals surface area contributed by atoms with Crippen LogP contribution in [0.1, 0.15) is 37.7 Å². The SMILES string of the molecule is c1cc(CCN2CCCC2CN2CCCCC2)ccn1. The van der Waals surface area contributed by atoms with Gasteiger partial charge in [-0.2, -0.15) is 0 Å². The summed E-state index contributed by atoms with van der Waals surface area (Å²) in [5, 5.41) is 0. The van der Waals surface area contributed by atoms with Gasteiger partial charge in [0, 0.05) is 31.5 Å². The Morgan fingerprint density at radius 1 is 1.00 bits per heavy atom. The number of hydrogen-bond acceptors (Lipinski definition) is 3. The van der Waals surface area contributed by atoms with Crippen LogP contribution in [0, 0.1) is 0 Å². The Balaban J connectivity index is 1.47. The highest BCUT2D eigenvalue weighted by atomic mass is 15.2. The van der Waals surface area contributed by atoms with E-state index in [1.807, 2.05) is 12.4 Å². The fraction of sp³-hybridized carbons (Fsp3) is 0.706. The van der Waals surface area contributed by atoms with Crippen molar-refractivity contribution in [1.82, 2.24) is 14.8 Å². The Labute approximate surface area is 123 Å². The fourth-order valence-electron chi connectivity index (χ4n) is 3.66. The molecule has 2 saturated heterocycles. The summed E-state index contributed by atoms with van der Waals surface area (Å²) in [6.45, 7) is 6.46. The van der Waals surface area contributed by atoms with Crippen molar-refractivity contribution >= 4 is 0 Å². The molecule has 3 rings (SSSR count). The number of aromatic nitrogens is 1. The van der Waals surface area contributed by atoms with Gasteiger partial charge in [-0.3, -0.25) is 9.88 Å². The van der Waals surface area contributed by atoms with Gasteiger partial charge in [0.2, 0.25) is 0 Å². The highest BCUT2D eigenvalue weighted by Crippen LogP contribution is 2.20. The predicted molar refractivity (Wildman–Crippen MR) is 82.8 cm³/mol. The van der Waals surface area contributed by atoms with Crippen molar-refractivity contribution in [1.29, 1.82) is 0 Å². The minimum absolute atomic E-state index is 0.801. The average Bonchev–Trinajstić information content (AvgIpc) is 2.94. The van der Waals surface area contributed by atoms with E-state index in [-0.39, 0.29) is 0 Å². The van der Waals surface area contributed by atoms with Crippen molar-refractivity contribution in [2.45, 2.75) is 44.6 Å². The highest BCUT2D eigenvalue weighted by Gasteiger charge is 2.26. The Hall–Kier alpha value is -0.930.